The smallest absolute Gasteiger partial charge is 0.326 e. The van der Waals surface area contributed by atoms with Crippen LogP contribution in [-0.2, 0) is 54.4 Å². The number of carbonyl (C=O) groups is 10. The van der Waals surface area contributed by atoms with Crippen molar-refractivity contribution < 1.29 is 68.4 Å². The molecule has 22 heteroatoms. The van der Waals surface area contributed by atoms with Crippen LogP contribution in [0.2, 0.25) is 0 Å². The fourth-order valence-corrected chi connectivity index (χ4v) is 5.05. The van der Waals surface area contributed by atoms with Gasteiger partial charge in [-0.3, -0.25) is 43.2 Å². The lowest BCUT2D eigenvalue weighted by Gasteiger charge is -2.27. The minimum absolute atomic E-state index is 0.313. The van der Waals surface area contributed by atoms with Gasteiger partial charge in [-0.15, -0.1) is 0 Å². The predicted molar refractivity (Wildman–Crippen MR) is 193 cm³/mol. The molecule has 55 heavy (non-hydrogen) atoms. The van der Waals surface area contributed by atoms with Crippen molar-refractivity contribution in [1.29, 1.82) is 0 Å². The van der Waals surface area contributed by atoms with Crippen molar-refractivity contribution in [2.75, 3.05) is 19.3 Å². The highest BCUT2D eigenvalue weighted by Crippen LogP contribution is 2.08. The van der Waals surface area contributed by atoms with Crippen molar-refractivity contribution in [1.82, 2.24) is 37.2 Å². The van der Waals surface area contributed by atoms with Crippen molar-refractivity contribution in [3.05, 3.63) is 35.9 Å². The topological polar surface area (TPSA) is 336 Å². The minimum Gasteiger partial charge on any atom is -0.481 e. The van der Waals surface area contributed by atoms with Crippen LogP contribution in [0.4, 0.5) is 0 Å². The first-order valence-corrected chi connectivity index (χ1v) is 17.4. The van der Waals surface area contributed by atoms with Gasteiger partial charge >= 0.3 is 23.9 Å². The number of hydrogen-bond donors (Lipinski definition) is 12. The Kier molecular flexibility index (Phi) is 20.4. The summed E-state index contributed by atoms with van der Waals surface area (Å²) < 4.78 is 0. The van der Waals surface area contributed by atoms with Crippen LogP contribution in [0, 0.1) is 5.92 Å². The third-order valence-electron chi connectivity index (χ3n) is 7.74. The van der Waals surface area contributed by atoms with Crippen molar-refractivity contribution in [3.8, 4) is 0 Å². The van der Waals surface area contributed by atoms with E-state index in [0.717, 1.165) is 5.56 Å². The zero-order chi connectivity index (χ0) is 41.8. The van der Waals surface area contributed by atoms with Gasteiger partial charge in [-0.25, -0.2) is 4.79 Å². The first-order valence-electron chi connectivity index (χ1n) is 16.8. The van der Waals surface area contributed by atoms with Gasteiger partial charge in [-0.1, -0.05) is 44.2 Å². The van der Waals surface area contributed by atoms with Crippen molar-refractivity contribution in [3.63, 3.8) is 0 Å². The highest BCUT2D eigenvalue weighted by atomic mass is 32.1. The molecule has 0 saturated heterocycles. The van der Waals surface area contributed by atoms with Crippen molar-refractivity contribution in [2.45, 2.75) is 82.2 Å². The van der Waals surface area contributed by atoms with E-state index in [1.807, 2.05) is 23.5 Å². The van der Waals surface area contributed by atoms with E-state index in [1.54, 1.807) is 19.2 Å². The lowest BCUT2D eigenvalue weighted by atomic mass is 10.0. The van der Waals surface area contributed by atoms with Gasteiger partial charge in [0.15, 0.2) is 0 Å². The van der Waals surface area contributed by atoms with Crippen LogP contribution in [0.1, 0.15) is 45.1 Å². The molecule has 304 valence electrons. The summed E-state index contributed by atoms with van der Waals surface area (Å²) in [6.45, 7) is 2.32. The number of hydrogen-bond acceptors (Lipinski definition) is 12. The first-order chi connectivity index (χ1) is 25.8. The fourth-order valence-electron chi connectivity index (χ4n) is 4.80. The van der Waals surface area contributed by atoms with E-state index in [2.05, 4.69) is 44.5 Å². The Morgan fingerprint density at radius 3 is 1.65 bits per heavy atom. The summed E-state index contributed by atoms with van der Waals surface area (Å²) in [4.78, 5) is 123. The highest BCUT2D eigenvalue weighted by Gasteiger charge is 2.34. The number of rotatable bonds is 25. The van der Waals surface area contributed by atoms with Crippen LogP contribution in [0.15, 0.2) is 30.3 Å². The quantitative estimate of drug-likeness (QED) is 0.0435. The average molecular weight is 798 g/mol. The van der Waals surface area contributed by atoms with Crippen LogP contribution in [0.3, 0.4) is 0 Å². The monoisotopic (exact) mass is 797 g/mol. The molecule has 1 aromatic rings. The molecule has 0 saturated carbocycles. The standard InChI is InChI=1S/C33H47N7O14S/c1-16(2)27(32(52)39-21(33(53)54)13-26(46)47)40-29(49)18(9-10-24(42)43)37-30(50)20(12-25(44)45)38-31(51)22(15-55)36-23(41)14-35-28(48)19(34-3)11-17-7-5-4-6-8-17/h4-8,16,18-22,27,34,55H,9-15H2,1-3H3,(H,35,48)(H,36,41)(H,37,50)(H,38,51)(H,39,52)(H,40,49)(H,42,43)(H,44,45)(H,46,47)(H,53,54)/t18-,19-,20-,21-,22-,27-/m0/s1. The molecule has 6 atom stereocenters. The Balaban J connectivity index is 3.07. The van der Waals surface area contributed by atoms with E-state index >= 15 is 0 Å². The van der Waals surface area contributed by atoms with Crippen molar-refractivity contribution >= 4 is 71.9 Å². The van der Waals surface area contributed by atoms with E-state index in [4.69, 9.17) is 5.11 Å². The molecule has 0 heterocycles. The predicted octanol–water partition coefficient (Wildman–Crippen LogP) is -3.16. The van der Waals surface area contributed by atoms with Gasteiger partial charge in [-0.05, 0) is 31.4 Å². The zero-order valence-electron chi connectivity index (χ0n) is 30.2. The first kappa shape index (κ1) is 47.3. The molecule has 1 aromatic carbocycles. The molecule has 0 spiro atoms. The zero-order valence-corrected chi connectivity index (χ0v) is 31.1. The fraction of sp³-hybridized carbons (Fsp3) is 0.515. The number of carboxylic acids is 4. The third-order valence-corrected chi connectivity index (χ3v) is 8.10. The molecule has 0 bridgehead atoms. The molecule has 0 aromatic heterocycles. The minimum atomic E-state index is -1.89. The van der Waals surface area contributed by atoms with Crippen LogP contribution in [0.5, 0.6) is 0 Å². The maximum Gasteiger partial charge on any atom is 0.326 e. The van der Waals surface area contributed by atoms with E-state index < -0.39 is 134 Å². The largest absolute Gasteiger partial charge is 0.481 e. The third kappa shape index (κ3) is 17.7. The molecule has 1 rings (SSSR count). The Hall–Kier alpha value is -5.77. The lowest BCUT2D eigenvalue weighted by molar-refractivity contribution is -0.147. The lowest BCUT2D eigenvalue weighted by Crippen LogP contribution is -2.60. The van der Waals surface area contributed by atoms with Gasteiger partial charge in [0.05, 0.1) is 25.4 Å². The average Bonchev–Trinajstić information content (AvgIpc) is 3.11. The van der Waals surface area contributed by atoms with E-state index in [1.165, 1.54) is 13.8 Å². The number of aliphatic carboxylic acids is 4. The molecule has 11 N–H and O–H groups in total. The number of amides is 6. The van der Waals surface area contributed by atoms with Gasteiger partial charge in [0.2, 0.25) is 35.4 Å². The van der Waals surface area contributed by atoms with Crippen LogP contribution >= 0.6 is 12.6 Å². The summed E-state index contributed by atoms with van der Waals surface area (Å²) in [5.41, 5.74) is 0.856. The molecule has 0 aliphatic carbocycles. The number of thiol groups is 1. The van der Waals surface area contributed by atoms with Gasteiger partial charge in [0, 0.05) is 12.2 Å². The van der Waals surface area contributed by atoms with Crippen molar-refractivity contribution in [2.24, 2.45) is 5.92 Å². The molecular formula is C33H47N7O14S. The molecule has 0 aliphatic heterocycles. The molecule has 0 unspecified atom stereocenters. The maximum absolute atomic E-state index is 13.3. The maximum atomic E-state index is 13.3. The molecule has 21 nitrogen and oxygen atoms in total. The Labute approximate surface area is 320 Å². The van der Waals surface area contributed by atoms with Gasteiger partial charge < -0.3 is 57.6 Å². The second kappa shape index (κ2) is 23.8. The van der Waals surface area contributed by atoms with Crippen LogP contribution in [-0.4, -0.2) is 135 Å². The Morgan fingerprint density at radius 2 is 1.15 bits per heavy atom. The van der Waals surface area contributed by atoms with Gasteiger partial charge in [-0.2, -0.15) is 12.6 Å². The normalized spacial score (nSPS) is 14.1. The number of carboxylic acid groups (broad SMARTS) is 4. The molecular weight excluding hydrogens is 750 g/mol. The van der Waals surface area contributed by atoms with Crippen LogP contribution < -0.4 is 37.2 Å². The SMILES string of the molecule is CN[C@@H](Cc1ccccc1)C(=O)NCC(=O)N[C@@H](CS)C(=O)N[C@@H](CC(=O)O)C(=O)N[C@@H](CCC(=O)O)C(=O)N[C@H](C(=O)N[C@@H](CC(=O)O)C(=O)O)C(C)C. The second-order valence-corrected chi connectivity index (χ2v) is 12.8. The number of carbonyl (C=O) groups excluding carboxylic acids is 6. The number of benzene rings is 1. The molecule has 0 aliphatic rings. The Bertz CT molecular complexity index is 1560. The summed E-state index contributed by atoms with van der Waals surface area (Å²) in [5.74, 6) is -13.3. The van der Waals surface area contributed by atoms with Gasteiger partial charge in [0.25, 0.3) is 0 Å². The summed E-state index contributed by atoms with van der Waals surface area (Å²) >= 11 is 4.03. The molecule has 0 fully saturated rings. The number of nitrogens with one attached hydrogen (secondary N) is 7. The van der Waals surface area contributed by atoms with E-state index in [9.17, 15) is 63.3 Å². The summed E-state index contributed by atoms with van der Waals surface area (Å²) in [6, 6.07) is -0.111. The van der Waals surface area contributed by atoms with E-state index in [-0.39, 0.29) is 5.75 Å². The Morgan fingerprint density at radius 1 is 0.618 bits per heavy atom. The second-order valence-electron chi connectivity index (χ2n) is 12.4. The van der Waals surface area contributed by atoms with Crippen LogP contribution in [0.25, 0.3) is 0 Å². The van der Waals surface area contributed by atoms with E-state index in [0.29, 0.717) is 6.42 Å². The summed E-state index contributed by atoms with van der Waals surface area (Å²) in [5, 5.41) is 53.1. The molecule has 6 amide bonds. The summed E-state index contributed by atoms with van der Waals surface area (Å²) in [6.07, 6.45) is -3.02. The van der Waals surface area contributed by atoms with Gasteiger partial charge in [0.1, 0.15) is 30.2 Å². The number of likely N-dealkylation sites (N-methyl/N-ethyl adjacent to an activating group) is 1. The summed E-state index contributed by atoms with van der Waals surface area (Å²) in [7, 11) is 1.56. The molecule has 0 radical (unpaired) electrons. The highest BCUT2D eigenvalue weighted by molar-refractivity contribution is 7.80.